The molecule has 1 amide bonds. The average Bonchev–Trinajstić information content (AvgIpc) is 2.87. The van der Waals surface area contributed by atoms with Gasteiger partial charge < -0.3 is 15.8 Å². The van der Waals surface area contributed by atoms with Crippen molar-refractivity contribution in [1.82, 2.24) is 4.90 Å². The molecule has 0 aromatic heterocycles. The fourth-order valence-corrected chi connectivity index (χ4v) is 2.75. The van der Waals surface area contributed by atoms with Crippen LogP contribution >= 0.6 is 0 Å². The maximum atomic E-state index is 12.2. The molecule has 1 heterocycles. The van der Waals surface area contributed by atoms with Gasteiger partial charge in [0.25, 0.3) is 0 Å². The molecule has 1 fully saturated rings. The molecular formula is C16H25N3O2. The van der Waals surface area contributed by atoms with Crippen molar-refractivity contribution >= 4 is 11.6 Å². The summed E-state index contributed by atoms with van der Waals surface area (Å²) in [6.07, 6.45) is 1.07. The van der Waals surface area contributed by atoms with Gasteiger partial charge >= 0.3 is 0 Å². The Morgan fingerprint density at radius 2 is 2.33 bits per heavy atom. The molecule has 1 aliphatic rings. The fourth-order valence-electron chi connectivity index (χ4n) is 2.75. The van der Waals surface area contributed by atoms with E-state index in [2.05, 4.69) is 10.2 Å². The molecule has 2 rings (SSSR count). The topological polar surface area (TPSA) is 67.6 Å². The first-order valence-electron chi connectivity index (χ1n) is 7.42. The van der Waals surface area contributed by atoms with E-state index in [1.807, 2.05) is 32.0 Å². The van der Waals surface area contributed by atoms with Crippen molar-refractivity contribution in [3.8, 4) is 5.75 Å². The van der Waals surface area contributed by atoms with Gasteiger partial charge in [-0.2, -0.15) is 0 Å². The lowest BCUT2D eigenvalue weighted by Crippen LogP contribution is -2.34. The molecule has 2 unspecified atom stereocenters. The summed E-state index contributed by atoms with van der Waals surface area (Å²) in [6, 6.07) is 5.94. The molecule has 2 atom stereocenters. The second-order valence-electron chi connectivity index (χ2n) is 5.89. The molecule has 1 saturated heterocycles. The zero-order chi connectivity index (χ0) is 15.4. The van der Waals surface area contributed by atoms with Crippen LogP contribution in [0.15, 0.2) is 18.2 Å². The number of methoxy groups -OCH3 is 1. The zero-order valence-electron chi connectivity index (χ0n) is 13.1. The number of nitrogens with one attached hydrogen (secondary N) is 1. The number of ether oxygens (including phenoxy) is 1. The number of nitrogens with two attached hydrogens (primary N) is 1. The van der Waals surface area contributed by atoms with Gasteiger partial charge in [-0.25, -0.2) is 0 Å². The summed E-state index contributed by atoms with van der Waals surface area (Å²) in [7, 11) is 1.61. The van der Waals surface area contributed by atoms with Crippen LogP contribution in [0.3, 0.4) is 0 Å². The molecule has 5 nitrogen and oxygen atoms in total. The van der Waals surface area contributed by atoms with E-state index < -0.39 is 0 Å². The lowest BCUT2D eigenvalue weighted by atomic mass is 10.0. The molecule has 5 heteroatoms. The van der Waals surface area contributed by atoms with Crippen LogP contribution in [0.5, 0.6) is 5.75 Å². The number of carbonyl (C=O) groups is 1. The monoisotopic (exact) mass is 291 g/mol. The molecule has 0 aliphatic carbocycles. The number of nitrogens with zero attached hydrogens (tertiary/aromatic N) is 1. The number of hydrogen-bond acceptors (Lipinski definition) is 4. The second kappa shape index (κ2) is 6.91. The van der Waals surface area contributed by atoms with Crippen molar-refractivity contribution in [2.75, 3.05) is 32.1 Å². The molecule has 3 N–H and O–H groups in total. The molecule has 0 radical (unpaired) electrons. The van der Waals surface area contributed by atoms with Gasteiger partial charge in [-0.3, -0.25) is 9.69 Å². The van der Waals surface area contributed by atoms with E-state index >= 15 is 0 Å². The van der Waals surface area contributed by atoms with E-state index in [0.717, 1.165) is 30.8 Å². The van der Waals surface area contributed by atoms with Crippen LogP contribution in [-0.2, 0) is 4.79 Å². The van der Waals surface area contributed by atoms with Gasteiger partial charge in [0.15, 0.2) is 0 Å². The standard InChI is InChI=1S/C16H25N3O2/c1-11-4-5-15(21-3)14(8-11)18-16(20)10-19-7-6-13(9-19)12(2)17/h4-5,8,12-13H,6-7,9-10,17H2,1-3H3,(H,18,20). The van der Waals surface area contributed by atoms with Crippen LogP contribution in [0, 0.1) is 12.8 Å². The number of carbonyl (C=O) groups excluding carboxylic acids is 1. The van der Waals surface area contributed by atoms with Crippen molar-refractivity contribution in [3.05, 3.63) is 23.8 Å². The van der Waals surface area contributed by atoms with Gasteiger partial charge in [-0.05, 0) is 50.4 Å². The van der Waals surface area contributed by atoms with Gasteiger partial charge in [0.05, 0.1) is 19.3 Å². The maximum Gasteiger partial charge on any atom is 0.238 e. The SMILES string of the molecule is COc1ccc(C)cc1NC(=O)CN1CCC(C(C)N)C1. The van der Waals surface area contributed by atoms with Gasteiger partial charge in [-0.1, -0.05) is 6.07 Å². The Labute approximate surface area is 126 Å². The Hall–Kier alpha value is -1.59. The summed E-state index contributed by atoms with van der Waals surface area (Å²) < 4.78 is 5.27. The number of aryl methyl sites for hydroxylation is 1. The normalized spacial score (nSPS) is 20.3. The molecule has 0 spiro atoms. The molecular weight excluding hydrogens is 266 g/mol. The largest absolute Gasteiger partial charge is 0.495 e. The summed E-state index contributed by atoms with van der Waals surface area (Å²) in [4.78, 5) is 14.3. The lowest BCUT2D eigenvalue weighted by molar-refractivity contribution is -0.117. The fraction of sp³-hybridized carbons (Fsp3) is 0.562. The first kappa shape index (κ1) is 15.8. The third-order valence-electron chi connectivity index (χ3n) is 4.05. The number of hydrogen-bond donors (Lipinski definition) is 2. The number of amides is 1. The molecule has 1 aliphatic heterocycles. The van der Waals surface area contributed by atoms with E-state index in [9.17, 15) is 4.79 Å². The van der Waals surface area contributed by atoms with E-state index in [-0.39, 0.29) is 11.9 Å². The predicted octanol–water partition coefficient (Wildman–Crippen LogP) is 1.61. The van der Waals surface area contributed by atoms with Crippen LogP contribution in [0.1, 0.15) is 18.9 Å². The van der Waals surface area contributed by atoms with Crippen LogP contribution in [0.4, 0.5) is 5.69 Å². The Balaban J connectivity index is 1.92. The van der Waals surface area contributed by atoms with Crippen LogP contribution in [-0.4, -0.2) is 43.6 Å². The van der Waals surface area contributed by atoms with E-state index in [1.54, 1.807) is 7.11 Å². The Morgan fingerprint density at radius 1 is 1.57 bits per heavy atom. The Kier molecular flexibility index (Phi) is 5.20. The van der Waals surface area contributed by atoms with Crippen molar-refractivity contribution < 1.29 is 9.53 Å². The smallest absolute Gasteiger partial charge is 0.238 e. The zero-order valence-corrected chi connectivity index (χ0v) is 13.1. The van der Waals surface area contributed by atoms with Gasteiger partial charge in [-0.15, -0.1) is 0 Å². The number of likely N-dealkylation sites (tertiary alicyclic amines) is 1. The highest BCUT2D eigenvalue weighted by atomic mass is 16.5. The van der Waals surface area contributed by atoms with E-state index in [0.29, 0.717) is 18.2 Å². The van der Waals surface area contributed by atoms with Gasteiger partial charge in [0, 0.05) is 12.6 Å². The van der Waals surface area contributed by atoms with E-state index in [4.69, 9.17) is 10.5 Å². The third kappa shape index (κ3) is 4.19. The van der Waals surface area contributed by atoms with Crippen molar-refractivity contribution in [1.29, 1.82) is 0 Å². The minimum atomic E-state index is -0.00998. The second-order valence-corrected chi connectivity index (χ2v) is 5.89. The number of rotatable bonds is 5. The first-order valence-corrected chi connectivity index (χ1v) is 7.42. The summed E-state index contributed by atoms with van der Waals surface area (Å²) in [6.45, 7) is 6.26. The third-order valence-corrected chi connectivity index (χ3v) is 4.05. The maximum absolute atomic E-state index is 12.2. The van der Waals surface area contributed by atoms with Gasteiger partial charge in [0.2, 0.25) is 5.91 Å². The van der Waals surface area contributed by atoms with Crippen molar-refractivity contribution in [3.63, 3.8) is 0 Å². The molecule has 116 valence electrons. The number of anilines is 1. The first-order chi connectivity index (χ1) is 9.99. The minimum absolute atomic E-state index is 0.00998. The van der Waals surface area contributed by atoms with Gasteiger partial charge in [0.1, 0.15) is 5.75 Å². The highest BCUT2D eigenvalue weighted by Crippen LogP contribution is 2.25. The summed E-state index contributed by atoms with van der Waals surface area (Å²) >= 11 is 0. The summed E-state index contributed by atoms with van der Waals surface area (Å²) in [5, 5.41) is 2.94. The molecule has 1 aromatic carbocycles. The summed E-state index contributed by atoms with van der Waals surface area (Å²) in [5.41, 5.74) is 7.74. The van der Waals surface area contributed by atoms with Crippen LogP contribution in [0.2, 0.25) is 0 Å². The van der Waals surface area contributed by atoms with Crippen LogP contribution in [0.25, 0.3) is 0 Å². The Bertz CT molecular complexity index is 502. The highest BCUT2D eigenvalue weighted by molar-refractivity contribution is 5.93. The number of benzene rings is 1. The molecule has 0 bridgehead atoms. The quantitative estimate of drug-likeness (QED) is 0.865. The molecule has 0 saturated carbocycles. The predicted molar refractivity (Wildman–Crippen MR) is 84.6 cm³/mol. The minimum Gasteiger partial charge on any atom is -0.495 e. The molecule has 21 heavy (non-hydrogen) atoms. The van der Waals surface area contributed by atoms with Crippen molar-refractivity contribution in [2.24, 2.45) is 11.7 Å². The highest BCUT2D eigenvalue weighted by Gasteiger charge is 2.26. The van der Waals surface area contributed by atoms with Crippen LogP contribution < -0.4 is 15.8 Å². The molecule has 1 aromatic rings. The Morgan fingerprint density at radius 3 is 2.95 bits per heavy atom. The van der Waals surface area contributed by atoms with E-state index in [1.165, 1.54) is 0 Å². The summed E-state index contributed by atoms with van der Waals surface area (Å²) in [5.74, 6) is 1.17. The average molecular weight is 291 g/mol. The van der Waals surface area contributed by atoms with Crippen molar-refractivity contribution in [2.45, 2.75) is 26.3 Å². The lowest BCUT2D eigenvalue weighted by Gasteiger charge is -2.18.